The predicted octanol–water partition coefficient (Wildman–Crippen LogP) is 4.37. The molecule has 0 amide bonds. The second-order valence-corrected chi connectivity index (χ2v) is 5.78. The van der Waals surface area contributed by atoms with Crippen LogP contribution >= 0.6 is 0 Å². The first-order valence-electron chi connectivity index (χ1n) is 8.06. The van der Waals surface area contributed by atoms with Gasteiger partial charge in [0.05, 0.1) is 13.2 Å². The van der Waals surface area contributed by atoms with E-state index >= 15 is 0 Å². The minimum absolute atomic E-state index is 0.0786. The van der Waals surface area contributed by atoms with E-state index in [-0.39, 0.29) is 11.9 Å². The van der Waals surface area contributed by atoms with Gasteiger partial charge in [-0.25, -0.2) is 0 Å². The van der Waals surface area contributed by atoms with Gasteiger partial charge in [-0.3, -0.25) is 0 Å². The van der Waals surface area contributed by atoms with Gasteiger partial charge >= 0.3 is 6.61 Å². The first kappa shape index (κ1) is 19.0. The van der Waals surface area contributed by atoms with Crippen molar-refractivity contribution in [3.8, 4) is 17.2 Å². The average molecular weight is 351 g/mol. The summed E-state index contributed by atoms with van der Waals surface area (Å²) in [7, 11) is 1.61. The highest BCUT2D eigenvalue weighted by molar-refractivity contribution is 5.43. The quantitative estimate of drug-likeness (QED) is 0.728. The van der Waals surface area contributed by atoms with E-state index in [1.165, 1.54) is 12.1 Å². The fourth-order valence-corrected chi connectivity index (χ4v) is 2.31. The Balaban J connectivity index is 1.88. The van der Waals surface area contributed by atoms with Crippen LogP contribution < -0.4 is 19.5 Å². The molecule has 1 N–H and O–H groups in total. The molecule has 0 bridgehead atoms. The smallest absolute Gasteiger partial charge is 0.387 e. The van der Waals surface area contributed by atoms with Gasteiger partial charge in [0.25, 0.3) is 0 Å². The molecule has 2 rings (SSSR count). The molecule has 0 fully saturated rings. The summed E-state index contributed by atoms with van der Waals surface area (Å²) in [4.78, 5) is 0. The lowest BCUT2D eigenvalue weighted by Crippen LogP contribution is -2.13. The van der Waals surface area contributed by atoms with E-state index < -0.39 is 6.61 Å². The molecule has 0 aliphatic carbocycles. The molecule has 2 aromatic rings. The van der Waals surface area contributed by atoms with Crippen molar-refractivity contribution in [3.05, 3.63) is 53.6 Å². The number of nitrogens with one attached hydrogen (secondary N) is 1. The van der Waals surface area contributed by atoms with Crippen LogP contribution in [0.5, 0.6) is 17.2 Å². The summed E-state index contributed by atoms with van der Waals surface area (Å²) >= 11 is 0. The number of halogens is 2. The lowest BCUT2D eigenvalue weighted by Gasteiger charge is -2.15. The Bertz CT molecular complexity index is 660. The van der Waals surface area contributed by atoms with E-state index in [1.807, 2.05) is 32.0 Å². The first-order chi connectivity index (χ1) is 12.0. The highest BCUT2D eigenvalue weighted by Crippen LogP contribution is 2.29. The van der Waals surface area contributed by atoms with Gasteiger partial charge in [0.15, 0.2) is 11.5 Å². The summed E-state index contributed by atoms with van der Waals surface area (Å²) in [6.07, 6.45) is 0.0786. The molecule has 0 spiro atoms. The molecule has 4 nitrogen and oxygen atoms in total. The minimum atomic E-state index is -2.80. The molecular weight excluding hydrogens is 328 g/mol. The second kappa shape index (κ2) is 9.22. The predicted molar refractivity (Wildman–Crippen MR) is 92.4 cm³/mol. The summed E-state index contributed by atoms with van der Waals surface area (Å²) < 4.78 is 39.6. The maximum absolute atomic E-state index is 12.1. The van der Waals surface area contributed by atoms with Crippen molar-refractivity contribution in [3.63, 3.8) is 0 Å². The van der Waals surface area contributed by atoms with Gasteiger partial charge in [0, 0.05) is 13.1 Å². The molecule has 0 saturated heterocycles. The van der Waals surface area contributed by atoms with Gasteiger partial charge in [0.2, 0.25) is 0 Å². The van der Waals surface area contributed by atoms with Crippen molar-refractivity contribution in [1.82, 2.24) is 5.32 Å². The zero-order valence-electron chi connectivity index (χ0n) is 14.6. The maximum Gasteiger partial charge on any atom is 0.387 e. The monoisotopic (exact) mass is 351 g/mol. The molecule has 0 heterocycles. The van der Waals surface area contributed by atoms with Crippen LogP contribution in [-0.4, -0.2) is 19.8 Å². The van der Waals surface area contributed by atoms with Crippen LogP contribution in [0.15, 0.2) is 42.5 Å². The number of hydrogen-bond acceptors (Lipinski definition) is 4. The van der Waals surface area contributed by atoms with Gasteiger partial charge in [-0.2, -0.15) is 8.78 Å². The van der Waals surface area contributed by atoms with E-state index in [0.29, 0.717) is 18.8 Å². The van der Waals surface area contributed by atoms with Crippen molar-refractivity contribution in [2.75, 3.05) is 7.11 Å². The Morgan fingerprint density at radius 3 is 2.12 bits per heavy atom. The van der Waals surface area contributed by atoms with Crippen LogP contribution in [0.25, 0.3) is 0 Å². The third-order valence-electron chi connectivity index (χ3n) is 3.40. The van der Waals surface area contributed by atoms with E-state index in [0.717, 1.165) is 16.9 Å². The molecule has 0 aromatic heterocycles. The third-order valence-corrected chi connectivity index (χ3v) is 3.40. The lowest BCUT2D eigenvalue weighted by molar-refractivity contribution is -0.0498. The van der Waals surface area contributed by atoms with Crippen LogP contribution in [-0.2, 0) is 13.1 Å². The van der Waals surface area contributed by atoms with Crippen molar-refractivity contribution in [2.24, 2.45) is 0 Å². The summed E-state index contributed by atoms with van der Waals surface area (Å²) in [5.41, 5.74) is 2.04. The summed E-state index contributed by atoms with van der Waals surface area (Å²) in [6, 6.07) is 12.4. The van der Waals surface area contributed by atoms with Crippen LogP contribution in [0.1, 0.15) is 25.0 Å². The Hall–Kier alpha value is -2.34. The highest BCUT2D eigenvalue weighted by Gasteiger charge is 2.08. The van der Waals surface area contributed by atoms with E-state index in [2.05, 4.69) is 10.1 Å². The van der Waals surface area contributed by atoms with Crippen LogP contribution in [0.3, 0.4) is 0 Å². The minimum Gasteiger partial charge on any atom is -0.493 e. The van der Waals surface area contributed by atoms with Crippen molar-refractivity contribution in [1.29, 1.82) is 0 Å². The van der Waals surface area contributed by atoms with Crippen molar-refractivity contribution in [2.45, 2.75) is 39.7 Å². The zero-order chi connectivity index (χ0) is 18.2. The first-order valence-corrected chi connectivity index (χ1v) is 8.06. The number of hydrogen-bond donors (Lipinski definition) is 1. The topological polar surface area (TPSA) is 39.7 Å². The standard InChI is InChI=1S/C19H23F2NO3/c1-13(2)24-17-9-6-15(10-18(17)23-3)12-22-11-14-4-7-16(8-5-14)25-19(20)21/h4-10,13,19,22H,11-12H2,1-3H3. The van der Waals surface area contributed by atoms with Crippen LogP contribution in [0.4, 0.5) is 8.78 Å². The maximum atomic E-state index is 12.1. The van der Waals surface area contributed by atoms with Crippen LogP contribution in [0, 0.1) is 0 Å². The SMILES string of the molecule is COc1cc(CNCc2ccc(OC(F)F)cc2)ccc1OC(C)C. The van der Waals surface area contributed by atoms with Crippen molar-refractivity contribution >= 4 is 0 Å². The molecular formula is C19H23F2NO3. The third kappa shape index (κ3) is 6.23. The Labute approximate surface area is 146 Å². The zero-order valence-corrected chi connectivity index (χ0v) is 14.6. The Kier molecular flexibility index (Phi) is 7.01. The number of ether oxygens (including phenoxy) is 3. The summed E-state index contributed by atoms with van der Waals surface area (Å²) in [5, 5.41) is 3.30. The molecule has 0 radical (unpaired) electrons. The molecule has 0 aliphatic heterocycles. The van der Waals surface area contributed by atoms with E-state index in [1.54, 1.807) is 19.2 Å². The molecule has 0 unspecified atom stereocenters. The number of methoxy groups -OCH3 is 1. The molecule has 0 atom stereocenters. The molecule has 0 saturated carbocycles. The average Bonchev–Trinajstić information content (AvgIpc) is 2.56. The summed E-state index contributed by atoms with van der Waals surface area (Å²) in [5.74, 6) is 1.57. The van der Waals surface area contributed by atoms with Crippen molar-refractivity contribution < 1.29 is 23.0 Å². The number of rotatable bonds is 9. The molecule has 2 aromatic carbocycles. The molecule has 136 valence electrons. The fourth-order valence-electron chi connectivity index (χ4n) is 2.31. The van der Waals surface area contributed by atoms with Gasteiger partial charge in [-0.1, -0.05) is 18.2 Å². The largest absolute Gasteiger partial charge is 0.493 e. The molecule has 25 heavy (non-hydrogen) atoms. The normalized spacial score (nSPS) is 11.0. The van der Waals surface area contributed by atoms with E-state index in [9.17, 15) is 8.78 Å². The second-order valence-electron chi connectivity index (χ2n) is 5.78. The Morgan fingerprint density at radius 1 is 0.880 bits per heavy atom. The fraction of sp³-hybridized carbons (Fsp3) is 0.368. The Morgan fingerprint density at radius 2 is 1.52 bits per heavy atom. The van der Waals surface area contributed by atoms with E-state index in [4.69, 9.17) is 9.47 Å². The van der Waals surface area contributed by atoms with Gasteiger partial charge in [0.1, 0.15) is 5.75 Å². The highest BCUT2D eigenvalue weighted by atomic mass is 19.3. The summed E-state index contributed by atoms with van der Waals surface area (Å²) in [6.45, 7) is 2.38. The van der Waals surface area contributed by atoms with Gasteiger partial charge in [-0.15, -0.1) is 0 Å². The van der Waals surface area contributed by atoms with Gasteiger partial charge < -0.3 is 19.5 Å². The lowest BCUT2D eigenvalue weighted by atomic mass is 10.1. The van der Waals surface area contributed by atoms with Gasteiger partial charge in [-0.05, 0) is 49.2 Å². The number of alkyl halides is 2. The molecule has 6 heteroatoms. The number of benzene rings is 2. The molecule has 0 aliphatic rings. The van der Waals surface area contributed by atoms with Crippen LogP contribution in [0.2, 0.25) is 0 Å².